The van der Waals surface area contributed by atoms with Crippen molar-refractivity contribution in [2.24, 2.45) is 0 Å². The van der Waals surface area contributed by atoms with Crippen LogP contribution in [0.25, 0.3) is 27.1 Å². The smallest absolute Gasteiger partial charge is 0.210 e. The Balaban J connectivity index is 0.00000343. The molecule has 0 aliphatic carbocycles. The molecule has 44 heavy (non-hydrogen) atoms. The van der Waals surface area contributed by atoms with Crippen LogP contribution in [0.1, 0.15) is 44.4 Å². The van der Waals surface area contributed by atoms with E-state index in [1.165, 1.54) is 66.6 Å². The van der Waals surface area contributed by atoms with Gasteiger partial charge in [-0.1, -0.05) is 105 Å². The molecule has 5 aromatic rings. The van der Waals surface area contributed by atoms with Gasteiger partial charge < -0.3 is 28.9 Å². The van der Waals surface area contributed by atoms with Crippen LogP contribution in [0.15, 0.2) is 133 Å². The second-order valence-corrected chi connectivity index (χ2v) is 13.0. The molecule has 0 atom stereocenters. The van der Waals surface area contributed by atoms with Crippen LogP contribution in [0.2, 0.25) is 0 Å². The molecular weight excluding hydrogens is 647 g/mol. The molecule has 3 heteroatoms. The van der Waals surface area contributed by atoms with Crippen LogP contribution < -0.4 is 28.9 Å². The summed E-state index contributed by atoms with van der Waals surface area (Å²) in [5.41, 5.74) is 10.1. The molecule has 0 aromatic heterocycles. The van der Waals surface area contributed by atoms with Crippen LogP contribution in [0, 0.1) is 0 Å². The Kier molecular flexibility index (Phi) is 7.65. The zero-order chi connectivity index (χ0) is 29.9. The number of hydrogen-bond acceptors (Lipinski definition) is 1. The molecule has 2 aliphatic heterocycles. The monoisotopic (exact) mass is 686 g/mol. The maximum Gasteiger partial charge on any atom is 0.210 e. The lowest BCUT2D eigenvalue weighted by Crippen LogP contribution is -3.00. The van der Waals surface area contributed by atoms with Crippen LogP contribution in [0.5, 0.6) is 0 Å². The molecule has 220 valence electrons. The van der Waals surface area contributed by atoms with Crippen LogP contribution in [0.4, 0.5) is 11.4 Å². The average molecular weight is 687 g/mol. The van der Waals surface area contributed by atoms with Gasteiger partial charge in [-0.3, -0.25) is 0 Å². The fraction of sp³-hybridized carbons (Fsp3) is 0.195. The van der Waals surface area contributed by atoms with E-state index in [0.717, 1.165) is 0 Å². The highest BCUT2D eigenvalue weighted by Gasteiger charge is 2.44. The predicted molar refractivity (Wildman–Crippen MR) is 185 cm³/mol. The number of likely N-dealkylation sites (N-methyl/N-ethyl adjacent to an activating group) is 1. The third-order valence-electron chi connectivity index (χ3n) is 9.74. The summed E-state index contributed by atoms with van der Waals surface area (Å²) in [6, 6.07) is 37.3. The van der Waals surface area contributed by atoms with Gasteiger partial charge in [0.1, 0.15) is 7.05 Å². The Hall–Kier alpha value is -3.96. The van der Waals surface area contributed by atoms with E-state index in [9.17, 15) is 0 Å². The van der Waals surface area contributed by atoms with Gasteiger partial charge in [0.15, 0.2) is 5.71 Å². The highest BCUT2D eigenvalue weighted by atomic mass is 127. The van der Waals surface area contributed by atoms with Crippen LogP contribution in [0.3, 0.4) is 0 Å². The lowest BCUT2D eigenvalue weighted by Gasteiger charge is -2.24. The SMILES string of the molecule is CN1C(=C/C=C(/C=C/C2=[N+](C)c3ccc4ccccc4c3C2(C)C)c2ccccc2)C(C)(C)c2c1ccc1ccccc21.[I-]. The van der Waals surface area contributed by atoms with Crippen molar-refractivity contribution >= 4 is 44.2 Å². The van der Waals surface area contributed by atoms with Crippen LogP contribution in [-0.4, -0.2) is 24.4 Å². The normalized spacial score (nSPS) is 17.9. The quantitative estimate of drug-likeness (QED) is 0.113. The minimum atomic E-state index is -0.127. The molecule has 5 aromatic carbocycles. The first kappa shape index (κ1) is 30.1. The maximum absolute atomic E-state index is 2.37. The molecule has 0 bridgehead atoms. The van der Waals surface area contributed by atoms with E-state index < -0.39 is 0 Å². The molecule has 0 N–H and O–H groups in total. The zero-order valence-electron chi connectivity index (χ0n) is 26.4. The van der Waals surface area contributed by atoms with Crippen LogP contribution >= 0.6 is 0 Å². The third kappa shape index (κ3) is 4.64. The lowest BCUT2D eigenvalue weighted by atomic mass is 9.79. The van der Waals surface area contributed by atoms with Crippen molar-refractivity contribution in [3.63, 3.8) is 0 Å². The summed E-state index contributed by atoms with van der Waals surface area (Å²) in [6.07, 6.45) is 9.27. The zero-order valence-corrected chi connectivity index (χ0v) is 28.6. The van der Waals surface area contributed by atoms with Gasteiger partial charge in [-0.2, -0.15) is 4.58 Å². The molecule has 0 saturated carbocycles. The topological polar surface area (TPSA) is 6.25 Å². The van der Waals surface area contributed by atoms with Gasteiger partial charge in [0.25, 0.3) is 0 Å². The fourth-order valence-electron chi connectivity index (χ4n) is 7.60. The summed E-state index contributed by atoms with van der Waals surface area (Å²) in [4.78, 5) is 2.37. The highest BCUT2D eigenvalue weighted by Crippen LogP contribution is 2.50. The summed E-state index contributed by atoms with van der Waals surface area (Å²) in [7, 11) is 4.40. The predicted octanol–water partition coefficient (Wildman–Crippen LogP) is 6.95. The molecule has 0 fully saturated rings. The molecule has 0 amide bonds. The first-order valence-corrected chi connectivity index (χ1v) is 15.2. The van der Waals surface area contributed by atoms with Crippen molar-refractivity contribution in [1.29, 1.82) is 0 Å². The third-order valence-corrected chi connectivity index (χ3v) is 9.74. The average Bonchev–Trinajstić information content (AvgIpc) is 3.34. The number of benzene rings is 5. The molecule has 2 nitrogen and oxygen atoms in total. The van der Waals surface area contributed by atoms with E-state index >= 15 is 0 Å². The number of fused-ring (bicyclic) bond motifs is 6. The Morgan fingerprint density at radius 3 is 1.95 bits per heavy atom. The molecule has 0 spiro atoms. The Morgan fingerprint density at radius 1 is 0.682 bits per heavy atom. The fourth-order valence-corrected chi connectivity index (χ4v) is 7.60. The Labute approximate surface area is 278 Å². The molecular formula is C41H39IN2. The van der Waals surface area contributed by atoms with E-state index in [1.54, 1.807) is 0 Å². The molecule has 0 saturated heterocycles. The van der Waals surface area contributed by atoms with Crippen molar-refractivity contribution in [1.82, 2.24) is 0 Å². The van der Waals surface area contributed by atoms with Gasteiger partial charge in [0, 0.05) is 41.6 Å². The minimum Gasteiger partial charge on any atom is -1.00 e. The standard InChI is InChI=1S/C41H39N2.HI/c1-40(2)36(42(5)34-24-20-30-16-10-12-18-32(30)38(34)40)26-22-29(28-14-8-7-9-15-28)23-27-37-41(3,4)39-33-19-13-11-17-31(33)21-25-35(39)43(37)6;/h7-27H,1-6H3;1H/q+1;/p-1. The second-order valence-electron chi connectivity index (χ2n) is 13.0. The van der Waals surface area contributed by atoms with E-state index in [4.69, 9.17) is 0 Å². The lowest BCUT2D eigenvalue weighted by molar-refractivity contribution is -0.401. The van der Waals surface area contributed by atoms with E-state index in [2.05, 4.69) is 179 Å². The number of anilines is 1. The van der Waals surface area contributed by atoms with Crippen molar-refractivity contribution in [2.45, 2.75) is 38.5 Å². The number of halogens is 1. The first-order chi connectivity index (χ1) is 20.7. The summed E-state index contributed by atoms with van der Waals surface area (Å²) in [5.74, 6) is 0. The first-order valence-electron chi connectivity index (χ1n) is 15.2. The number of allylic oxidation sites excluding steroid dienone is 6. The summed E-state index contributed by atoms with van der Waals surface area (Å²) < 4.78 is 2.37. The minimum absolute atomic E-state index is 0. The van der Waals surface area contributed by atoms with E-state index in [1.807, 2.05) is 0 Å². The van der Waals surface area contributed by atoms with Crippen molar-refractivity contribution in [3.05, 3.63) is 150 Å². The molecule has 2 heterocycles. The van der Waals surface area contributed by atoms with Crippen molar-refractivity contribution in [3.8, 4) is 0 Å². The Morgan fingerprint density at radius 2 is 1.27 bits per heavy atom. The van der Waals surface area contributed by atoms with Gasteiger partial charge in [-0.15, -0.1) is 0 Å². The number of hydrogen-bond donors (Lipinski definition) is 0. The van der Waals surface area contributed by atoms with Gasteiger partial charge in [0.2, 0.25) is 5.69 Å². The molecule has 0 unspecified atom stereocenters. The Bertz CT molecular complexity index is 2040. The summed E-state index contributed by atoms with van der Waals surface area (Å²) >= 11 is 0. The summed E-state index contributed by atoms with van der Waals surface area (Å²) in [6.45, 7) is 9.42. The second kappa shape index (κ2) is 11.2. The summed E-state index contributed by atoms with van der Waals surface area (Å²) in [5, 5.41) is 5.26. The van der Waals surface area contributed by atoms with Crippen molar-refractivity contribution in [2.75, 3.05) is 19.0 Å². The van der Waals surface area contributed by atoms with Gasteiger partial charge in [0.05, 0.1) is 5.41 Å². The van der Waals surface area contributed by atoms with E-state index in [-0.39, 0.29) is 34.8 Å². The molecule has 2 aliphatic rings. The van der Waals surface area contributed by atoms with E-state index in [0.29, 0.717) is 0 Å². The molecule has 0 radical (unpaired) electrons. The van der Waals surface area contributed by atoms with Gasteiger partial charge in [-0.25, -0.2) is 0 Å². The highest BCUT2D eigenvalue weighted by molar-refractivity contribution is 6.08. The van der Waals surface area contributed by atoms with Crippen molar-refractivity contribution < 1.29 is 28.6 Å². The van der Waals surface area contributed by atoms with Gasteiger partial charge >= 0.3 is 0 Å². The maximum atomic E-state index is 2.37. The molecule has 7 rings (SSSR count). The largest absolute Gasteiger partial charge is 1.00 e. The van der Waals surface area contributed by atoms with Crippen LogP contribution in [-0.2, 0) is 10.8 Å². The number of nitrogens with zero attached hydrogens (tertiary/aromatic N) is 2. The van der Waals surface area contributed by atoms with Gasteiger partial charge in [-0.05, 0) is 76.4 Å². The number of rotatable bonds is 4.